The van der Waals surface area contributed by atoms with Gasteiger partial charge in [-0.15, -0.1) is 0 Å². The van der Waals surface area contributed by atoms with Crippen LogP contribution in [0.25, 0.3) is 0 Å². The van der Waals surface area contributed by atoms with E-state index in [0.717, 1.165) is 6.42 Å². The van der Waals surface area contributed by atoms with Crippen LogP contribution in [0, 0.1) is 5.92 Å². The summed E-state index contributed by atoms with van der Waals surface area (Å²) in [7, 11) is 0. The molecule has 20 heavy (non-hydrogen) atoms. The van der Waals surface area contributed by atoms with Crippen molar-refractivity contribution in [2.45, 2.75) is 37.9 Å². The monoisotopic (exact) mass is 264 g/mol. The van der Waals surface area contributed by atoms with Crippen LogP contribution in [-0.4, -0.2) is 0 Å². The predicted molar refractivity (Wildman–Crippen MR) is 80.5 cm³/mol. The van der Waals surface area contributed by atoms with Crippen molar-refractivity contribution in [1.82, 2.24) is 0 Å². The Hall–Kier alpha value is -1.60. The Labute approximate surface area is 120 Å². The molecule has 102 valence electrons. The van der Waals surface area contributed by atoms with Crippen LogP contribution in [0.4, 0.5) is 0 Å². The van der Waals surface area contributed by atoms with E-state index in [1.54, 1.807) is 0 Å². The van der Waals surface area contributed by atoms with Gasteiger partial charge in [-0.1, -0.05) is 61.5 Å². The zero-order chi connectivity index (χ0) is 13.6. The summed E-state index contributed by atoms with van der Waals surface area (Å²) in [6, 6.07) is 19.5. The van der Waals surface area contributed by atoms with Crippen LogP contribution in [0.1, 0.15) is 42.6 Å². The molecule has 0 bridgehead atoms. The fourth-order valence-corrected chi connectivity index (χ4v) is 4.16. The fraction of sp³-hybridized carbons (Fsp3) is 0.368. The number of hydrogen-bond donors (Lipinski definition) is 0. The molecule has 0 N–H and O–H groups in total. The predicted octanol–water partition coefficient (Wildman–Crippen LogP) is 4.63. The van der Waals surface area contributed by atoms with Gasteiger partial charge in [0.1, 0.15) is 0 Å². The van der Waals surface area contributed by atoms with Crippen molar-refractivity contribution >= 4 is 0 Å². The number of ether oxygens (including phenoxy) is 1. The summed E-state index contributed by atoms with van der Waals surface area (Å²) in [6.07, 6.45) is 3.78. The van der Waals surface area contributed by atoms with Gasteiger partial charge in [0, 0.05) is 5.92 Å². The van der Waals surface area contributed by atoms with E-state index < -0.39 is 0 Å². The number of aryl methyl sites for hydroxylation is 1. The number of rotatable bonds is 2. The summed E-state index contributed by atoms with van der Waals surface area (Å²) < 4.78 is 6.49. The molecule has 0 amide bonds. The van der Waals surface area contributed by atoms with Gasteiger partial charge < -0.3 is 4.74 Å². The number of hydrogen-bond acceptors (Lipinski definition) is 1. The van der Waals surface area contributed by atoms with Crippen molar-refractivity contribution in [2.24, 2.45) is 5.92 Å². The van der Waals surface area contributed by atoms with Crippen LogP contribution in [0.15, 0.2) is 54.6 Å². The van der Waals surface area contributed by atoms with E-state index in [-0.39, 0.29) is 11.7 Å². The fourth-order valence-electron chi connectivity index (χ4n) is 4.16. The summed E-state index contributed by atoms with van der Waals surface area (Å²) in [4.78, 5) is 0. The van der Waals surface area contributed by atoms with E-state index in [1.165, 1.54) is 29.5 Å². The molecule has 1 aliphatic heterocycles. The van der Waals surface area contributed by atoms with E-state index in [4.69, 9.17) is 4.74 Å². The normalized spacial score (nSPS) is 31.1. The molecular formula is C19H20O. The minimum Gasteiger partial charge on any atom is -0.362 e. The highest BCUT2D eigenvalue weighted by Crippen LogP contribution is 2.60. The Bertz CT molecular complexity index is 619. The SMILES string of the molecule is CC[C@@]12O[C@H](c3ccccc3)[C@@H]1CCc1ccccc12. The Morgan fingerprint density at radius 3 is 2.60 bits per heavy atom. The first-order valence-corrected chi connectivity index (χ1v) is 7.66. The molecule has 1 nitrogen and oxygen atoms in total. The molecule has 2 aromatic rings. The number of benzene rings is 2. The lowest BCUT2D eigenvalue weighted by atomic mass is 9.62. The zero-order valence-electron chi connectivity index (χ0n) is 11.9. The molecule has 2 aromatic carbocycles. The molecule has 0 saturated carbocycles. The molecular weight excluding hydrogens is 244 g/mol. The van der Waals surface area contributed by atoms with Crippen molar-refractivity contribution in [3.63, 3.8) is 0 Å². The third-order valence-corrected chi connectivity index (χ3v) is 5.15. The van der Waals surface area contributed by atoms with Crippen LogP contribution in [0.5, 0.6) is 0 Å². The van der Waals surface area contributed by atoms with E-state index in [1.807, 2.05) is 0 Å². The van der Waals surface area contributed by atoms with Crippen LogP contribution in [0.3, 0.4) is 0 Å². The van der Waals surface area contributed by atoms with Crippen molar-refractivity contribution in [1.29, 1.82) is 0 Å². The highest BCUT2D eigenvalue weighted by Gasteiger charge is 2.57. The molecule has 0 radical (unpaired) electrons. The second-order valence-electron chi connectivity index (χ2n) is 5.99. The lowest BCUT2D eigenvalue weighted by Crippen LogP contribution is -2.54. The molecule has 3 atom stereocenters. The molecule has 2 aliphatic rings. The molecule has 1 heterocycles. The van der Waals surface area contributed by atoms with Gasteiger partial charge in [-0.2, -0.15) is 0 Å². The van der Waals surface area contributed by atoms with Gasteiger partial charge in [0.05, 0.1) is 11.7 Å². The number of fused-ring (bicyclic) bond motifs is 3. The molecule has 4 rings (SSSR count). The van der Waals surface area contributed by atoms with Crippen LogP contribution < -0.4 is 0 Å². The average molecular weight is 264 g/mol. The van der Waals surface area contributed by atoms with Crippen LogP contribution >= 0.6 is 0 Å². The van der Waals surface area contributed by atoms with Crippen molar-refractivity contribution in [2.75, 3.05) is 0 Å². The van der Waals surface area contributed by atoms with Crippen molar-refractivity contribution < 1.29 is 4.74 Å². The van der Waals surface area contributed by atoms with E-state index in [9.17, 15) is 0 Å². The van der Waals surface area contributed by atoms with Gasteiger partial charge in [0.2, 0.25) is 0 Å². The van der Waals surface area contributed by atoms with Crippen molar-refractivity contribution in [3.05, 3.63) is 71.3 Å². The molecule has 0 unspecified atom stereocenters. The quantitative estimate of drug-likeness (QED) is 0.768. The Balaban J connectivity index is 1.73. The first-order chi connectivity index (χ1) is 9.85. The van der Waals surface area contributed by atoms with Gasteiger partial charge in [-0.3, -0.25) is 0 Å². The lowest BCUT2D eigenvalue weighted by molar-refractivity contribution is -0.282. The standard InChI is InChI=1S/C19H20O/c1-2-19-16-11-7-6-8-14(16)12-13-17(19)18(20-19)15-9-4-3-5-10-15/h3-11,17-18H,2,12-13H2,1H3/t17-,18+,19-/m0/s1. The highest BCUT2D eigenvalue weighted by atomic mass is 16.5. The van der Waals surface area contributed by atoms with Gasteiger partial charge in [-0.25, -0.2) is 0 Å². The first kappa shape index (κ1) is 12.2. The second kappa shape index (κ2) is 4.46. The summed E-state index contributed by atoms with van der Waals surface area (Å²) in [6.45, 7) is 2.26. The van der Waals surface area contributed by atoms with Gasteiger partial charge in [-0.05, 0) is 36.0 Å². The van der Waals surface area contributed by atoms with Gasteiger partial charge in [0.25, 0.3) is 0 Å². The summed E-state index contributed by atoms with van der Waals surface area (Å²) in [5.41, 5.74) is 4.22. The third-order valence-electron chi connectivity index (χ3n) is 5.15. The smallest absolute Gasteiger partial charge is 0.0996 e. The minimum absolute atomic E-state index is 0.0324. The van der Waals surface area contributed by atoms with Crippen LogP contribution in [-0.2, 0) is 16.8 Å². The van der Waals surface area contributed by atoms with Gasteiger partial charge >= 0.3 is 0 Å². The molecule has 0 spiro atoms. The maximum atomic E-state index is 6.49. The maximum Gasteiger partial charge on any atom is 0.0996 e. The summed E-state index contributed by atoms with van der Waals surface area (Å²) in [5.74, 6) is 0.629. The third kappa shape index (κ3) is 1.53. The minimum atomic E-state index is -0.0324. The largest absolute Gasteiger partial charge is 0.362 e. The van der Waals surface area contributed by atoms with E-state index >= 15 is 0 Å². The summed E-state index contributed by atoms with van der Waals surface area (Å²) in [5, 5.41) is 0. The topological polar surface area (TPSA) is 9.23 Å². The molecule has 1 heteroatoms. The van der Waals surface area contributed by atoms with Crippen LogP contribution in [0.2, 0.25) is 0 Å². The Kier molecular flexibility index (Phi) is 2.71. The second-order valence-corrected chi connectivity index (χ2v) is 5.99. The van der Waals surface area contributed by atoms with Crippen molar-refractivity contribution in [3.8, 4) is 0 Å². The van der Waals surface area contributed by atoms with E-state index in [0.29, 0.717) is 5.92 Å². The molecule has 1 aliphatic carbocycles. The molecule has 1 fully saturated rings. The molecule has 0 aromatic heterocycles. The average Bonchev–Trinajstić information content (AvgIpc) is 2.49. The Morgan fingerprint density at radius 1 is 1.05 bits per heavy atom. The highest BCUT2D eigenvalue weighted by molar-refractivity contribution is 5.40. The molecule has 1 saturated heterocycles. The summed E-state index contributed by atoms with van der Waals surface area (Å²) >= 11 is 0. The maximum absolute atomic E-state index is 6.49. The Morgan fingerprint density at radius 2 is 1.80 bits per heavy atom. The van der Waals surface area contributed by atoms with E-state index in [2.05, 4.69) is 61.5 Å². The zero-order valence-corrected chi connectivity index (χ0v) is 11.9. The first-order valence-electron chi connectivity index (χ1n) is 7.66. The lowest BCUT2D eigenvalue weighted by Gasteiger charge is -2.58. The van der Waals surface area contributed by atoms with Gasteiger partial charge in [0.15, 0.2) is 0 Å².